The summed E-state index contributed by atoms with van der Waals surface area (Å²) in [7, 11) is 2.00. The number of hydrogen-bond donors (Lipinski definition) is 2. The summed E-state index contributed by atoms with van der Waals surface area (Å²) in [5, 5.41) is 6.28. The van der Waals surface area contributed by atoms with Gasteiger partial charge in [-0.25, -0.2) is 0 Å². The lowest BCUT2D eigenvalue weighted by Crippen LogP contribution is -2.41. The van der Waals surface area contributed by atoms with E-state index in [1.54, 1.807) is 0 Å². The Labute approximate surface area is 173 Å². The van der Waals surface area contributed by atoms with Crippen molar-refractivity contribution in [3.8, 4) is 5.75 Å². The van der Waals surface area contributed by atoms with Crippen LogP contribution in [-0.4, -0.2) is 56.1 Å². The van der Waals surface area contributed by atoms with Crippen molar-refractivity contribution in [2.24, 2.45) is 4.99 Å². The highest BCUT2D eigenvalue weighted by Gasteiger charge is 2.22. The number of nitrogens with zero attached hydrogens (tertiary/aromatic N) is 2. The van der Waals surface area contributed by atoms with Crippen LogP contribution in [-0.2, 0) is 4.79 Å². The van der Waals surface area contributed by atoms with E-state index in [1.807, 2.05) is 44.3 Å². The van der Waals surface area contributed by atoms with Gasteiger partial charge in [0.05, 0.1) is 6.54 Å². The standard InChI is InChI=1S/C19H30N4O2.HI/c1-3-20-19(21-13-7-10-18(24)22-16-11-12-16)23(2)14-15-25-17-8-5-4-6-9-17;/h4-6,8-9,16H,3,7,10-15H2,1-2H3,(H,20,21)(H,22,24);1H. The fourth-order valence-corrected chi connectivity index (χ4v) is 2.34. The van der Waals surface area contributed by atoms with Crippen molar-refractivity contribution in [1.82, 2.24) is 15.5 Å². The van der Waals surface area contributed by atoms with E-state index in [0.717, 1.165) is 44.1 Å². The van der Waals surface area contributed by atoms with Crippen LogP contribution < -0.4 is 15.4 Å². The normalized spacial score (nSPS) is 13.5. The molecule has 1 fully saturated rings. The predicted octanol–water partition coefficient (Wildman–Crippen LogP) is 2.64. The smallest absolute Gasteiger partial charge is 0.220 e. The third-order valence-corrected chi connectivity index (χ3v) is 3.90. The summed E-state index contributed by atoms with van der Waals surface area (Å²) < 4.78 is 5.73. The molecule has 0 aromatic heterocycles. The molecule has 0 radical (unpaired) electrons. The number of guanidine groups is 1. The molecule has 0 saturated heterocycles. The molecule has 1 amide bonds. The van der Waals surface area contributed by atoms with Gasteiger partial charge in [-0.1, -0.05) is 18.2 Å². The first-order valence-corrected chi connectivity index (χ1v) is 9.15. The van der Waals surface area contributed by atoms with Crippen LogP contribution in [0.4, 0.5) is 0 Å². The zero-order valence-electron chi connectivity index (χ0n) is 15.7. The van der Waals surface area contributed by atoms with Gasteiger partial charge in [0.1, 0.15) is 12.4 Å². The van der Waals surface area contributed by atoms with E-state index in [1.165, 1.54) is 0 Å². The summed E-state index contributed by atoms with van der Waals surface area (Å²) in [6.07, 6.45) is 3.57. The maximum Gasteiger partial charge on any atom is 0.220 e. The summed E-state index contributed by atoms with van der Waals surface area (Å²) in [5.74, 6) is 1.87. The molecule has 1 aromatic carbocycles. The Kier molecular flexibility index (Phi) is 11.1. The van der Waals surface area contributed by atoms with Crippen molar-refractivity contribution in [1.29, 1.82) is 0 Å². The van der Waals surface area contributed by atoms with E-state index in [9.17, 15) is 4.79 Å². The molecule has 1 aromatic rings. The summed E-state index contributed by atoms with van der Waals surface area (Å²) >= 11 is 0. The van der Waals surface area contributed by atoms with Crippen molar-refractivity contribution in [3.63, 3.8) is 0 Å². The molecule has 0 spiro atoms. The number of carbonyl (C=O) groups is 1. The first-order chi connectivity index (χ1) is 12.2. The van der Waals surface area contributed by atoms with Gasteiger partial charge in [-0.15, -0.1) is 24.0 Å². The van der Waals surface area contributed by atoms with Gasteiger partial charge in [-0.3, -0.25) is 9.79 Å². The Morgan fingerprint density at radius 1 is 1.31 bits per heavy atom. The maximum atomic E-state index is 11.7. The lowest BCUT2D eigenvalue weighted by atomic mass is 10.3. The minimum Gasteiger partial charge on any atom is -0.492 e. The van der Waals surface area contributed by atoms with Crippen molar-refractivity contribution in [2.45, 2.75) is 38.6 Å². The summed E-state index contributed by atoms with van der Waals surface area (Å²) in [6, 6.07) is 10.2. The number of likely N-dealkylation sites (N-methyl/N-ethyl adjacent to an activating group) is 1. The van der Waals surface area contributed by atoms with E-state index in [2.05, 4.69) is 20.5 Å². The molecule has 7 heteroatoms. The van der Waals surface area contributed by atoms with Crippen LogP contribution in [0.2, 0.25) is 0 Å². The zero-order valence-corrected chi connectivity index (χ0v) is 18.1. The van der Waals surface area contributed by atoms with Gasteiger partial charge in [0.25, 0.3) is 0 Å². The molecule has 0 atom stereocenters. The quantitative estimate of drug-likeness (QED) is 0.237. The molecule has 2 N–H and O–H groups in total. The van der Waals surface area contributed by atoms with Crippen LogP contribution in [0.5, 0.6) is 5.75 Å². The second-order valence-electron chi connectivity index (χ2n) is 6.26. The van der Waals surface area contributed by atoms with Gasteiger partial charge in [0, 0.05) is 32.6 Å². The fraction of sp³-hybridized carbons (Fsp3) is 0.579. The Bertz CT molecular complexity index is 550. The SMILES string of the molecule is CCNC(=NCCCC(=O)NC1CC1)N(C)CCOc1ccccc1.I. The molecule has 0 bridgehead atoms. The Morgan fingerprint density at radius 2 is 2.04 bits per heavy atom. The molecule has 1 aliphatic rings. The average molecular weight is 474 g/mol. The average Bonchev–Trinajstić information content (AvgIpc) is 3.42. The predicted molar refractivity (Wildman–Crippen MR) is 116 cm³/mol. The highest BCUT2D eigenvalue weighted by molar-refractivity contribution is 14.0. The van der Waals surface area contributed by atoms with Crippen molar-refractivity contribution < 1.29 is 9.53 Å². The van der Waals surface area contributed by atoms with Crippen LogP contribution in [0.25, 0.3) is 0 Å². The summed E-state index contributed by atoms with van der Waals surface area (Å²) in [6.45, 7) is 4.83. The third-order valence-electron chi connectivity index (χ3n) is 3.90. The molecular weight excluding hydrogens is 443 g/mol. The van der Waals surface area contributed by atoms with Crippen LogP contribution in [0, 0.1) is 0 Å². The number of rotatable bonds is 10. The van der Waals surface area contributed by atoms with E-state index in [-0.39, 0.29) is 29.9 Å². The molecule has 0 aliphatic heterocycles. The second kappa shape index (κ2) is 12.8. The number of hydrogen-bond acceptors (Lipinski definition) is 3. The summed E-state index contributed by atoms with van der Waals surface area (Å²) in [4.78, 5) is 18.3. The summed E-state index contributed by atoms with van der Waals surface area (Å²) in [5.41, 5.74) is 0. The van der Waals surface area contributed by atoms with Crippen LogP contribution in [0.1, 0.15) is 32.6 Å². The Balaban J connectivity index is 0.00000338. The lowest BCUT2D eigenvalue weighted by Gasteiger charge is -2.22. The number of nitrogens with one attached hydrogen (secondary N) is 2. The molecule has 6 nitrogen and oxygen atoms in total. The van der Waals surface area contributed by atoms with Crippen molar-refractivity contribution in [2.75, 3.05) is 33.3 Å². The Hall–Kier alpha value is -1.51. The van der Waals surface area contributed by atoms with Crippen molar-refractivity contribution >= 4 is 35.8 Å². The van der Waals surface area contributed by atoms with Crippen LogP contribution in [0.15, 0.2) is 35.3 Å². The van der Waals surface area contributed by atoms with Gasteiger partial charge in [0.15, 0.2) is 5.96 Å². The lowest BCUT2D eigenvalue weighted by molar-refractivity contribution is -0.121. The van der Waals surface area contributed by atoms with Gasteiger partial charge in [-0.05, 0) is 38.3 Å². The number of carbonyl (C=O) groups excluding carboxylic acids is 1. The largest absolute Gasteiger partial charge is 0.492 e. The fourth-order valence-electron chi connectivity index (χ4n) is 2.34. The molecule has 0 unspecified atom stereocenters. The second-order valence-corrected chi connectivity index (χ2v) is 6.26. The highest BCUT2D eigenvalue weighted by atomic mass is 127. The molecule has 0 heterocycles. The molecule has 26 heavy (non-hydrogen) atoms. The van der Waals surface area contributed by atoms with Gasteiger partial charge >= 0.3 is 0 Å². The number of benzene rings is 1. The molecular formula is C19H31IN4O2. The minimum atomic E-state index is 0. The topological polar surface area (TPSA) is 66.0 Å². The minimum absolute atomic E-state index is 0. The van der Waals surface area contributed by atoms with Gasteiger partial charge in [-0.2, -0.15) is 0 Å². The number of para-hydroxylation sites is 1. The number of aliphatic imine (C=N–C) groups is 1. The highest BCUT2D eigenvalue weighted by Crippen LogP contribution is 2.18. The van der Waals surface area contributed by atoms with E-state index in [4.69, 9.17) is 4.74 Å². The number of ether oxygens (including phenoxy) is 1. The maximum absolute atomic E-state index is 11.7. The first-order valence-electron chi connectivity index (χ1n) is 9.15. The molecule has 1 saturated carbocycles. The van der Waals surface area contributed by atoms with Crippen LogP contribution >= 0.6 is 24.0 Å². The third kappa shape index (κ3) is 9.26. The monoisotopic (exact) mass is 474 g/mol. The first kappa shape index (κ1) is 22.5. The number of amides is 1. The Morgan fingerprint density at radius 3 is 2.69 bits per heavy atom. The zero-order chi connectivity index (χ0) is 17.9. The molecule has 2 rings (SSSR count). The number of halogens is 1. The van der Waals surface area contributed by atoms with E-state index < -0.39 is 0 Å². The molecule has 1 aliphatic carbocycles. The van der Waals surface area contributed by atoms with Gasteiger partial charge < -0.3 is 20.3 Å². The van der Waals surface area contributed by atoms with Crippen molar-refractivity contribution in [3.05, 3.63) is 30.3 Å². The molecule has 146 valence electrons. The van der Waals surface area contributed by atoms with E-state index in [0.29, 0.717) is 25.6 Å². The van der Waals surface area contributed by atoms with Crippen LogP contribution in [0.3, 0.4) is 0 Å². The van der Waals surface area contributed by atoms with Gasteiger partial charge in [0.2, 0.25) is 5.91 Å². The van der Waals surface area contributed by atoms with E-state index >= 15 is 0 Å².